The number of carbonyl (C=O) groups excluding carboxylic acids is 1. The van der Waals surface area contributed by atoms with Crippen LogP contribution in [0, 0.1) is 0 Å². The molecule has 0 saturated carbocycles. The molecular weight excluding hydrogens is 282 g/mol. The Labute approximate surface area is 126 Å². The Hall–Kier alpha value is -3.15. The molecule has 0 unspecified atom stereocenters. The maximum absolute atomic E-state index is 12.3. The van der Waals surface area contributed by atoms with Gasteiger partial charge in [0.1, 0.15) is 5.75 Å². The topological polar surface area (TPSA) is 77.2 Å². The van der Waals surface area contributed by atoms with Crippen molar-refractivity contribution in [3.8, 4) is 17.2 Å². The molecule has 0 radical (unpaired) electrons. The van der Waals surface area contributed by atoms with E-state index in [4.69, 9.17) is 9.15 Å². The fraction of sp³-hybridized carbons (Fsp3) is 0.0625. The second-order valence-electron chi connectivity index (χ2n) is 4.51. The average molecular weight is 295 g/mol. The number of nitrogens with one attached hydrogen (secondary N) is 1. The van der Waals surface area contributed by atoms with Gasteiger partial charge in [0, 0.05) is 16.8 Å². The molecule has 1 amide bonds. The van der Waals surface area contributed by atoms with Crippen molar-refractivity contribution in [3.63, 3.8) is 0 Å². The predicted molar refractivity (Wildman–Crippen MR) is 80.7 cm³/mol. The van der Waals surface area contributed by atoms with Crippen molar-refractivity contribution >= 4 is 11.6 Å². The van der Waals surface area contributed by atoms with Crippen LogP contribution in [0.2, 0.25) is 0 Å². The molecule has 0 atom stereocenters. The number of nitrogens with zero attached hydrogens (tertiary/aromatic N) is 2. The van der Waals surface area contributed by atoms with Crippen LogP contribution in [-0.2, 0) is 0 Å². The normalized spacial score (nSPS) is 10.2. The molecule has 6 heteroatoms. The molecule has 0 aliphatic heterocycles. The number of hydrogen-bond donors (Lipinski definition) is 1. The van der Waals surface area contributed by atoms with Crippen LogP contribution >= 0.6 is 0 Å². The number of aromatic nitrogens is 2. The Morgan fingerprint density at radius 3 is 2.82 bits per heavy atom. The molecule has 0 aliphatic carbocycles. The summed E-state index contributed by atoms with van der Waals surface area (Å²) in [6.07, 6.45) is 1.26. The van der Waals surface area contributed by atoms with E-state index in [1.54, 1.807) is 49.6 Å². The number of benzene rings is 2. The molecule has 110 valence electrons. The first-order valence-electron chi connectivity index (χ1n) is 6.58. The van der Waals surface area contributed by atoms with Crippen LogP contribution in [0.1, 0.15) is 10.4 Å². The van der Waals surface area contributed by atoms with Crippen LogP contribution < -0.4 is 10.1 Å². The molecule has 6 nitrogen and oxygen atoms in total. The van der Waals surface area contributed by atoms with Gasteiger partial charge in [-0.2, -0.15) is 0 Å². The molecule has 1 N–H and O–H groups in total. The summed E-state index contributed by atoms with van der Waals surface area (Å²) >= 11 is 0. The fourth-order valence-electron chi connectivity index (χ4n) is 2.00. The van der Waals surface area contributed by atoms with Gasteiger partial charge in [0.05, 0.1) is 7.11 Å². The molecule has 0 saturated heterocycles. The first kappa shape index (κ1) is 13.8. The summed E-state index contributed by atoms with van der Waals surface area (Å²) in [5.41, 5.74) is 1.90. The third-order valence-electron chi connectivity index (χ3n) is 3.06. The molecule has 1 aromatic heterocycles. The second kappa shape index (κ2) is 6.09. The Morgan fingerprint density at radius 1 is 1.18 bits per heavy atom. The lowest BCUT2D eigenvalue weighted by Crippen LogP contribution is -2.11. The number of hydrogen-bond acceptors (Lipinski definition) is 5. The second-order valence-corrected chi connectivity index (χ2v) is 4.51. The van der Waals surface area contributed by atoms with Gasteiger partial charge in [0.25, 0.3) is 5.91 Å². The lowest BCUT2D eigenvalue weighted by Gasteiger charge is -2.07. The first-order chi connectivity index (χ1) is 10.8. The zero-order chi connectivity index (χ0) is 15.4. The number of carbonyl (C=O) groups is 1. The van der Waals surface area contributed by atoms with Crippen molar-refractivity contribution in [1.82, 2.24) is 10.2 Å². The largest absolute Gasteiger partial charge is 0.497 e. The van der Waals surface area contributed by atoms with Crippen molar-refractivity contribution in [2.24, 2.45) is 0 Å². The fourth-order valence-corrected chi connectivity index (χ4v) is 2.00. The van der Waals surface area contributed by atoms with E-state index in [2.05, 4.69) is 15.5 Å². The summed E-state index contributed by atoms with van der Waals surface area (Å²) in [7, 11) is 1.56. The van der Waals surface area contributed by atoms with Crippen molar-refractivity contribution < 1.29 is 13.9 Å². The molecule has 3 aromatic rings. The Bertz CT molecular complexity index is 785. The molecule has 0 bridgehead atoms. The van der Waals surface area contributed by atoms with Gasteiger partial charge in [-0.15, -0.1) is 10.2 Å². The number of rotatable bonds is 4. The molecule has 2 aromatic carbocycles. The van der Waals surface area contributed by atoms with Crippen molar-refractivity contribution in [1.29, 1.82) is 0 Å². The Morgan fingerprint density at radius 2 is 2.05 bits per heavy atom. The summed E-state index contributed by atoms with van der Waals surface area (Å²) in [6.45, 7) is 0. The van der Waals surface area contributed by atoms with E-state index < -0.39 is 0 Å². The highest BCUT2D eigenvalue weighted by Crippen LogP contribution is 2.21. The molecule has 3 rings (SSSR count). The maximum Gasteiger partial charge on any atom is 0.255 e. The van der Waals surface area contributed by atoms with Crippen molar-refractivity contribution in [2.75, 3.05) is 12.4 Å². The Balaban J connectivity index is 1.80. The van der Waals surface area contributed by atoms with E-state index in [9.17, 15) is 4.79 Å². The molecule has 22 heavy (non-hydrogen) atoms. The summed E-state index contributed by atoms with van der Waals surface area (Å²) in [6, 6.07) is 14.1. The van der Waals surface area contributed by atoms with Crippen LogP contribution in [-0.4, -0.2) is 23.2 Å². The van der Waals surface area contributed by atoms with Gasteiger partial charge in [-0.3, -0.25) is 4.79 Å². The van der Waals surface area contributed by atoms with Crippen LogP contribution in [0.3, 0.4) is 0 Å². The lowest BCUT2D eigenvalue weighted by molar-refractivity contribution is 0.102. The minimum atomic E-state index is -0.221. The van der Waals surface area contributed by atoms with Crippen LogP contribution in [0.15, 0.2) is 59.3 Å². The van der Waals surface area contributed by atoms with E-state index in [1.165, 1.54) is 6.39 Å². The van der Waals surface area contributed by atoms with E-state index in [-0.39, 0.29) is 5.91 Å². The maximum atomic E-state index is 12.3. The lowest BCUT2D eigenvalue weighted by atomic mass is 10.1. The predicted octanol–water partition coefficient (Wildman–Crippen LogP) is 3.00. The molecule has 0 aliphatic rings. The van der Waals surface area contributed by atoms with Crippen LogP contribution in [0.25, 0.3) is 11.5 Å². The van der Waals surface area contributed by atoms with E-state index in [0.717, 1.165) is 5.56 Å². The SMILES string of the molecule is COc1cccc(C(=O)Nc2cccc(-c3nnco3)c2)c1. The number of anilines is 1. The summed E-state index contributed by atoms with van der Waals surface area (Å²) in [5, 5.41) is 10.3. The van der Waals surface area contributed by atoms with Crippen molar-refractivity contribution in [2.45, 2.75) is 0 Å². The zero-order valence-corrected chi connectivity index (χ0v) is 11.8. The van der Waals surface area contributed by atoms with Gasteiger partial charge in [-0.1, -0.05) is 12.1 Å². The van der Waals surface area contributed by atoms with E-state index in [1.807, 2.05) is 6.07 Å². The minimum absolute atomic E-state index is 0.221. The minimum Gasteiger partial charge on any atom is -0.497 e. The van der Waals surface area contributed by atoms with Crippen LogP contribution in [0.4, 0.5) is 5.69 Å². The Kier molecular flexibility index (Phi) is 3.82. The zero-order valence-electron chi connectivity index (χ0n) is 11.8. The molecule has 1 heterocycles. The third-order valence-corrected chi connectivity index (χ3v) is 3.06. The van der Waals surface area contributed by atoms with Crippen LogP contribution in [0.5, 0.6) is 5.75 Å². The number of ether oxygens (including phenoxy) is 1. The highest BCUT2D eigenvalue weighted by Gasteiger charge is 2.09. The van der Waals surface area contributed by atoms with Gasteiger partial charge in [0.15, 0.2) is 0 Å². The average Bonchev–Trinajstić information content (AvgIpc) is 3.10. The van der Waals surface area contributed by atoms with E-state index >= 15 is 0 Å². The molecule has 0 fully saturated rings. The smallest absolute Gasteiger partial charge is 0.255 e. The van der Waals surface area contributed by atoms with Gasteiger partial charge in [0.2, 0.25) is 12.3 Å². The van der Waals surface area contributed by atoms with Gasteiger partial charge in [-0.25, -0.2) is 0 Å². The monoisotopic (exact) mass is 295 g/mol. The highest BCUT2D eigenvalue weighted by atomic mass is 16.5. The summed E-state index contributed by atoms with van der Waals surface area (Å²) < 4.78 is 10.3. The number of methoxy groups -OCH3 is 1. The summed E-state index contributed by atoms with van der Waals surface area (Å²) in [5.74, 6) is 0.811. The highest BCUT2D eigenvalue weighted by molar-refractivity contribution is 6.04. The molecular formula is C16H13N3O3. The van der Waals surface area contributed by atoms with Crippen molar-refractivity contribution in [3.05, 3.63) is 60.5 Å². The summed E-state index contributed by atoms with van der Waals surface area (Å²) in [4.78, 5) is 12.3. The van der Waals surface area contributed by atoms with Gasteiger partial charge < -0.3 is 14.5 Å². The third kappa shape index (κ3) is 2.95. The molecule has 0 spiro atoms. The first-order valence-corrected chi connectivity index (χ1v) is 6.58. The van der Waals surface area contributed by atoms with Gasteiger partial charge in [-0.05, 0) is 36.4 Å². The van der Waals surface area contributed by atoms with Gasteiger partial charge >= 0.3 is 0 Å². The quantitative estimate of drug-likeness (QED) is 0.800. The number of amides is 1. The standard InChI is InChI=1S/C16H13N3O3/c1-21-14-7-3-4-11(9-14)15(20)18-13-6-2-5-12(8-13)16-19-17-10-22-16/h2-10H,1H3,(H,18,20). The van der Waals surface area contributed by atoms with E-state index in [0.29, 0.717) is 22.9 Å².